The number of halogens is 1. The number of amides is 1. The second-order valence-corrected chi connectivity index (χ2v) is 7.51. The first kappa shape index (κ1) is 20.8. The first-order chi connectivity index (χ1) is 13.9. The number of rotatable bonds is 6. The van der Waals surface area contributed by atoms with Gasteiger partial charge in [0.15, 0.2) is 6.10 Å². The molecule has 6 heteroatoms. The van der Waals surface area contributed by atoms with Gasteiger partial charge in [0.25, 0.3) is 5.91 Å². The lowest BCUT2D eigenvalue weighted by Gasteiger charge is -2.29. The summed E-state index contributed by atoms with van der Waals surface area (Å²) in [5.74, 6) is -0.933. The Morgan fingerprint density at radius 1 is 1.14 bits per heavy atom. The Morgan fingerprint density at radius 2 is 1.83 bits per heavy atom. The van der Waals surface area contributed by atoms with Crippen molar-refractivity contribution in [3.05, 3.63) is 59.4 Å². The van der Waals surface area contributed by atoms with Crippen LogP contribution in [0.1, 0.15) is 43.7 Å². The Balaban J connectivity index is 1.76. The van der Waals surface area contributed by atoms with Crippen molar-refractivity contribution in [1.82, 2.24) is 0 Å². The summed E-state index contributed by atoms with van der Waals surface area (Å²) in [5, 5.41) is 2.75. The molecular formula is C23H26FNO4. The molecule has 1 aliphatic rings. The highest BCUT2D eigenvalue weighted by Crippen LogP contribution is 2.43. The summed E-state index contributed by atoms with van der Waals surface area (Å²) in [6, 6.07) is 11.7. The highest BCUT2D eigenvalue weighted by atomic mass is 19.1. The molecular weight excluding hydrogens is 373 g/mol. The van der Waals surface area contributed by atoms with Gasteiger partial charge in [0.1, 0.15) is 11.6 Å². The van der Waals surface area contributed by atoms with E-state index >= 15 is 0 Å². The van der Waals surface area contributed by atoms with Crippen LogP contribution in [0.4, 0.5) is 10.1 Å². The fourth-order valence-corrected chi connectivity index (χ4v) is 3.89. The van der Waals surface area contributed by atoms with Crippen LogP contribution in [0.2, 0.25) is 0 Å². The minimum Gasteiger partial charge on any atom is -0.495 e. The van der Waals surface area contributed by atoms with Crippen molar-refractivity contribution in [3.8, 4) is 5.75 Å². The van der Waals surface area contributed by atoms with Crippen LogP contribution in [-0.2, 0) is 19.7 Å². The zero-order valence-corrected chi connectivity index (χ0v) is 17.0. The van der Waals surface area contributed by atoms with Crippen molar-refractivity contribution in [2.75, 3.05) is 12.4 Å². The molecule has 0 spiro atoms. The number of carbonyl (C=O) groups excluding carboxylic acids is 2. The molecule has 1 aliphatic carbocycles. The van der Waals surface area contributed by atoms with Gasteiger partial charge >= 0.3 is 5.97 Å². The molecule has 2 aromatic carbocycles. The van der Waals surface area contributed by atoms with Crippen LogP contribution in [0, 0.1) is 12.7 Å². The Morgan fingerprint density at radius 3 is 2.48 bits per heavy atom. The molecule has 0 bridgehead atoms. The van der Waals surface area contributed by atoms with Crippen molar-refractivity contribution in [1.29, 1.82) is 0 Å². The van der Waals surface area contributed by atoms with E-state index in [1.165, 1.54) is 20.1 Å². The lowest BCUT2D eigenvalue weighted by atomic mass is 9.78. The monoisotopic (exact) mass is 399 g/mol. The Bertz CT molecular complexity index is 906. The summed E-state index contributed by atoms with van der Waals surface area (Å²) in [6.45, 7) is 3.41. The molecule has 0 aromatic heterocycles. The molecule has 1 amide bonds. The van der Waals surface area contributed by atoms with E-state index in [0.717, 1.165) is 18.4 Å². The van der Waals surface area contributed by atoms with Gasteiger partial charge in [0.05, 0.1) is 18.2 Å². The third-order valence-corrected chi connectivity index (χ3v) is 5.50. The topological polar surface area (TPSA) is 64.6 Å². The summed E-state index contributed by atoms with van der Waals surface area (Å²) >= 11 is 0. The SMILES string of the molecule is COc1ccc(C)cc1NC(=O)[C@H](C)OC(=O)C1(c2ccccc2F)CCCC1. The number of aryl methyl sites for hydroxylation is 1. The van der Waals surface area contributed by atoms with Gasteiger partial charge in [0, 0.05) is 5.56 Å². The molecule has 0 heterocycles. The van der Waals surface area contributed by atoms with E-state index in [0.29, 0.717) is 29.8 Å². The highest BCUT2D eigenvalue weighted by molar-refractivity contribution is 5.97. The lowest BCUT2D eigenvalue weighted by Crippen LogP contribution is -2.40. The van der Waals surface area contributed by atoms with Crippen molar-refractivity contribution in [2.45, 2.75) is 51.0 Å². The van der Waals surface area contributed by atoms with Gasteiger partial charge in [-0.3, -0.25) is 9.59 Å². The van der Waals surface area contributed by atoms with E-state index in [1.807, 2.05) is 13.0 Å². The van der Waals surface area contributed by atoms with Crippen molar-refractivity contribution in [2.24, 2.45) is 0 Å². The molecule has 1 saturated carbocycles. The zero-order chi connectivity index (χ0) is 21.0. The number of hydrogen-bond donors (Lipinski definition) is 1. The summed E-state index contributed by atoms with van der Waals surface area (Å²) in [6.07, 6.45) is 1.60. The molecule has 1 fully saturated rings. The molecule has 1 N–H and O–H groups in total. The normalized spacial score (nSPS) is 16.1. The molecule has 0 unspecified atom stereocenters. The van der Waals surface area contributed by atoms with Crippen LogP contribution in [0.3, 0.4) is 0 Å². The van der Waals surface area contributed by atoms with Gasteiger partial charge < -0.3 is 14.8 Å². The average Bonchev–Trinajstić information content (AvgIpc) is 3.19. The van der Waals surface area contributed by atoms with Crippen LogP contribution in [0.25, 0.3) is 0 Å². The summed E-state index contributed by atoms with van der Waals surface area (Å²) in [4.78, 5) is 25.7. The molecule has 154 valence electrons. The van der Waals surface area contributed by atoms with Gasteiger partial charge in [-0.05, 0) is 50.5 Å². The molecule has 2 aromatic rings. The standard InChI is InChI=1S/C23H26FNO4/c1-15-10-11-20(28-3)19(14-15)25-21(26)16(2)29-22(27)23(12-6-7-13-23)17-8-4-5-9-18(17)24/h4-5,8-11,14,16H,6-7,12-13H2,1-3H3,(H,25,26)/t16-/m0/s1. The molecule has 5 nitrogen and oxygen atoms in total. The van der Waals surface area contributed by atoms with Crippen LogP contribution in [-0.4, -0.2) is 25.1 Å². The fourth-order valence-electron chi connectivity index (χ4n) is 3.89. The fraction of sp³-hybridized carbons (Fsp3) is 0.391. The van der Waals surface area contributed by atoms with E-state index in [1.54, 1.807) is 30.3 Å². The molecule has 0 radical (unpaired) electrons. The van der Waals surface area contributed by atoms with Crippen molar-refractivity contribution < 1.29 is 23.5 Å². The average molecular weight is 399 g/mol. The number of hydrogen-bond acceptors (Lipinski definition) is 4. The molecule has 3 rings (SSSR count). The quantitative estimate of drug-likeness (QED) is 0.725. The number of nitrogens with one attached hydrogen (secondary N) is 1. The number of ether oxygens (including phenoxy) is 2. The van der Waals surface area contributed by atoms with Gasteiger partial charge in [-0.25, -0.2) is 4.39 Å². The Labute approximate surface area is 170 Å². The maximum absolute atomic E-state index is 14.5. The van der Waals surface area contributed by atoms with E-state index in [2.05, 4.69) is 5.32 Å². The van der Waals surface area contributed by atoms with Crippen molar-refractivity contribution in [3.63, 3.8) is 0 Å². The Hall–Kier alpha value is -2.89. The minimum atomic E-state index is -1.04. The maximum Gasteiger partial charge on any atom is 0.317 e. The molecule has 29 heavy (non-hydrogen) atoms. The van der Waals surface area contributed by atoms with Gasteiger partial charge in [-0.15, -0.1) is 0 Å². The number of benzene rings is 2. The lowest BCUT2D eigenvalue weighted by molar-refractivity contribution is -0.159. The first-order valence-electron chi connectivity index (χ1n) is 9.79. The molecule has 0 saturated heterocycles. The first-order valence-corrected chi connectivity index (χ1v) is 9.79. The maximum atomic E-state index is 14.5. The predicted octanol–water partition coefficient (Wildman–Crippen LogP) is 4.52. The number of methoxy groups -OCH3 is 1. The van der Waals surface area contributed by atoms with E-state index in [-0.39, 0.29) is 0 Å². The second kappa shape index (κ2) is 8.64. The highest BCUT2D eigenvalue weighted by Gasteiger charge is 2.46. The largest absolute Gasteiger partial charge is 0.495 e. The number of anilines is 1. The Kier molecular flexibility index (Phi) is 6.20. The molecule has 1 atom stereocenters. The summed E-state index contributed by atoms with van der Waals surface area (Å²) in [7, 11) is 1.52. The van der Waals surface area contributed by atoms with E-state index in [9.17, 15) is 14.0 Å². The number of esters is 1. The third-order valence-electron chi connectivity index (χ3n) is 5.50. The minimum absolute atomic E-state index is 0.343. The van der Waals surface area contributed by atoms with Gasteiger partial charge in [0.2, 0.25) is 0 Å². The van der Waals surface area contributed by atoms with Crippen LogP contribution in [0.15, 0.2) is 42.5 Å². The number of carbonyl (C=O) groups is 2. The van der Waals surface area contributed by atoms with Gasteiger partial charge in [-0.1, -0.05) is 37.1 Å². The van der Waals surface area contributed by atoms with Crippen LogP contribution < -0.4 is 10.1 Å². The van der Waals surface area contributed by atoms with E-state index in [4.69, 9.17) is 9.47 Å². The van der Waals surface area contributed by atoms with E-state index < -0.39 is 29.2 Å². The van der Waals surface area contributed by atoms with Crippen molar-refractivity contribution >= 4 is 17.6 Å². The second-order valence-electron chi connectivity index (χ2n) is 7.51. The van der Waals surface area contributed by atoms with Crippen LogP contribution >= 0.6 is 0 Å². The predicted molar refractivity (Wildman–Crippen MR) is 108 cm³/mol. The van der Waals surface area contributed by atoms with Crippen LogP contribution in [0.5, 0.6) is 5.75 Å². The zero-order valence-electron chi connectivity index (χ0n) is 17.0. The van der Waals surface area contributed by atoms with Gasteiger partial charge in [-0.2, -0.15) is 0 Å². The third kappa shape index (κ3) is 4.26. The summed E-state index contributed by atoms with van der Waals surface area (Å²) < 4.78 is 25.2. The molecule has 0 aliphatic heterocycles. The summed E-state index contributed by atoms with van der Waals surface area (Å²) in [5.41, 5.74) is 0.761. The smallest absolute Gasteiger partial charge is 0.317 e.